The molecule has 0 unspecified atom stereocenters. The molecule has 1 aliphatic carbocycles. The Kier molecular flexibility index (Phi) is 4.36. The maximum absolute atomic E-state index is 13.1. The van der Waals surface area contributed by atoms with Crippen LogP contribution in [-0.4, -0.2) is 37.1 Å². The zero-order valence-electron chi connectivity index (χ0n) is 12.5. The highest BCUT2D eigenvalue weighted by molar-refractivity contribution is 9.10. The Morgan fingerprint density at radius 1 is 1.24 bits per heavy atom. The van der Waals surface area contributed by atoms with Crippen LogP contribution in [0.2, 0.25) is 0 Å². The van der Waals surface area contributed by atoms with Crippen LogP contribution in [0, 0.1) is 0 Å². The van der Waals surface area contributed by atoms with Crippen molar-refractivity contribution in [3.05, 3.63) is 34.3 Å². The van der Waals surface area contributed by atoms with E-state index in [1.54, 1.807) is 7.11 Å². The Labute approximate surface area is 134 Å². The Hall–Kier alpha value is -0.870. The number of rotatable bonds is 3. The maximum atomic E-state index is 13.1. The average Bonchev–Trinajstić information content (AvgIpc) is 2.48. The average molecular weight is 352 g/mol. The zero-order valence-corrected chi connectivity index (χ0v) is 14.1. The van der Waals surface area contributed by atoms with Crippen molar-refractivity contribution in [3.8, 4) is 0 Å². The molecule has 2 fully saturated rings. The van der Waals surface area contributed by atoms with E-state index in [0.717, 1.165) is 49.7 Å². The molecule has 3 rings (SSSR count). The normalized spacial score (nSPS) is 21.9. The number of halogens is 1. The number of carbonyl (C=O) groups is 1. The number of piperidine rings is 1. The fraction of sp³-hybridized carbons (Fsp3) is 0.588. The molecule has 0 aromatic heterocycles. The molecular formula is C17H22BrNO2. The van der Waals surface area contributed by atoms with Gasteiger partial charge in [0.05, 0.1) is 11.5 Å². The first-order chi connectivity index (χ1) is 10.2. The summed E-state index contributed by atoms with van der Waals surface area (Å²) < 4.78 is 6.46. The van der Waals surface area contributed by atoms with Crippen molar-refractivity contribution >= 4 is 21.8 Å². The largest absolute Gasteiger partial charge is 0.381 e. The summed E-state index contributed by atoms with van der Waals surface area (Å²) in [6, 6.07) is 8.28. The third-order valence-electron chi connectivity index (χ3n) is 5.08. The van der Waals surface area contributed by atoms with Crippen LogP contribution in [-0.2, 0) is 14.9 Å². The van der Waals surface area contributed by atoms with Gasteiger partial charge in [0.25, 0.3) is 0 Å². The number of ether oxygens (including phenoxy) is 1. The van der Waals surface area contributed by atoms with Crippen LogP contribution in [0.1, 0.15) is 37.7 Å². The van der Waals surface area contributed by atoms with Crippen LogP contribution in [0.25, 0.3) is 0 Å². The van der Waals surface area contributed by atoms with Gasteiger partial charge in [-0.3, -0.25) is 4.79 Å². The van der Waals surface area contributed by atoms with Crippen molar-refractivity contribution in [3.63, 3.8) is 0 Å². The molecule has 1 saturated heterocycles. The van der Waals surface area contributed by atoms with E-state index in [0.29, 0.717) is 12.0 Å². The monoisotopic (exact) mass is 351 g/mol. The number of likely N-dealkylation sites (tertiary alicyclic amines) is 1. The fourth-order valence-electron chi connectivity index (χ4n) is 3.52. The Bertz CT molecular complexity index is 502. The van der Waals surface area contributed by atoms with Gasteiger partial charge in [0.1, 0.15) is 0 Å². The second kappa shape index (κ2) is 6.09. The van der Waals surface area contributed by atoms with Gasteiger partial charge in [-0.25, -0.2) is 0 Å². The molecule has 0 spiro atoms. The van der Waals surface area contributed by atoms with E-state index in [1.807, 2.05) is 12.1 Å². The van der Waals surface area contributed by atoms with Crippen LogP contribution < -0.4 is 0 Å². The van der Waals surface area contributed by atoms with Gasteiger partial charge in [-0.15, -0.1) is 0 Å². The van der Waals surface area contributed by atoms with E-state index < -0.39 is 0 Å². The van der Waals surface area contributed by atoms with Crippen molar-refractivity contribution in [1.82, 2.24) is 4.90 Å². The number of nitrogens with zero attached hydrogens (tertiary/aromatic N) is 1. The molecule has 4 heteroatoms. The lowest BCUT2D eigenvalue weighted by atomic mass is 9.63. The number of amides is 1. The number of hydrogen-bond acceptors (Lipinski definition) is 2. The molecule has 114 valence electrons. The minimum Gasteiger partial charge on any atom is -0.381 e. The van der Waals surface area contributed by atoms with E-state index in [4.69, 9.17) is 4.74 Å². The molecule has 0 radical (unpaired) electrons. The van der Waals surface area contributed by atoms with Crippen LogP contribution >= 0.6 is 15.9 Å². The third-order valence-corrected chi connectivity index (χ3v) is 5.60. The van der Waals surface area contributed by atoms with Gasteiger partial charge in [-0.05, 0) is 43.4 Å². The first-order valence-electron chi connectivity index (χ1n) is 7.74. The summed E-state index contributed by atoms with van der Waals surface area (Å²) in [7, 11) is 1.76. The predicted octanol–water partition coefficient (Wildman–Crippen LogP) is 3.51. The van der Waals surface area contributed by atoms with Crippen LogP contribution in [0.15, 0.2) is 28.7 Å². The molecule has 1 aromatic carbocycles. The van der Waals surface area contributed by atoms with E-state index in [-0.39, 0.29) is 5.41 Å². The van der Waals surface area contributed by atoms with Gasteiger partial charge in [-0.2, -0.15) is 0 Å². The standard InChI is InChI=1S/C17H22BrNO2/c1-21-15-7-11-19(12-8-15)16(20)17(9-2-10-17)13-3-5-14(18)6-4-13/h3-6,15H,2,7-12H2,1H3. The summed E-state index contributed by atoms with van der Waals surface area (Å²) in [5.74, 6) is 0.325. The van der Waals surface area contributed by atoms with Crippen molar-refractivity contribution in [2.45, 2.75) is 43.6 Å². The van der Waals surface area contributed by atoms with E-state index in [1.165, 1.54) is 5.56 Å². The van der Waals surface area contributed by atoms with Gasteiger partial charge in [0.2, 0.25) is 5.91 Å². The zero-order chi connectivity index (χ0) is 14.9. The second-order valence-electron chi connectivity index (χ2n) is 6.17. The van der Waals surface area contributed by atoms with Gasteiger partial charge in [0, 0.05) is 24.7 Å². The van der Waals surface area contributed by atoms with Crippen LogP contribution in [0.3, 0.4) is 0 Å². The first-order valence-corrected chi connectivity index (χ1v) is 8.53. The van der Waals surface area contributed by atoms with E-state index in [2.05, 4.69) is 33.0 Å². The van der Waals surface area contributed by atoms with E-state index in [9.17, 15) is 4.79 Å². The quantitative estimate of drug-likeness (QED) is 0.833. The van der Waals surface area contributed by atoms with Crippen molar-refractivity contribution in [1.29, 1.82) is 0 Å². The second-order valence-corrected chi connectivity index (χ2v) is 7.09. The smallest absolute Gasteiger partial charge is 0.233 e. The molecule has 1 amide bonds. The molecule has 21 heavy (non-hydrogen) atoms. The summed E-state index contributed by atoms with van der Waals surface area (Å²) in [5.41, 5.74) is 0.913. The molecule has 1 aromatic rings. The lowest BCUT2D eigenvalue weighted by molar-refractivity contribution is -0.143. The summed E-state index contributed by atoms with van der Waals surface area (Å²) in [4.78, 5) is 15.1. The lowest BCUT2D eigenvalue weighted by Crippen LogP contribution is -2.53. The molecule has 1 saturated carbocycles. The summed E-state index contributed by atoms with van der Waals surface area (Å²) in [5, 5.41) is 0. The molecule has 0 atom stereocenters. The Balaban J connectivity index is 1.77. The molecule has 0 N–H and O–H groups in total. The van der Waals surface area contributed by atoms with Gasteiger partial charge < -0.3 is 9.64 Å². The van der Waals surface area contributed by atoms with Gasteiger partial charge in [0.15, 0.2) is 0 Å². The predicted molar refractivity (Wildman–Crippen MR) is 86.3 cm³/mol. The molecule has 1 aliphatic heterocycles. The van der Waals surface area contributed by atoms with Crippen LogP contribution in [0.4, 0.5) is 0 Å². The number of methoxy groups -OCH3 is 1. The van der Waals surface area contributed by atoms with Crippen molar-refractivity contribution < 1.29 is 9.53 Å². The molecule has 2 aliphatic rings. The highest BCUT2D eigenvalue weighted by Crippen LogP contribution is 2.45. The minimum atomic E-state index is -0.263. The lowest BCUT2D eigenvalue weighted by Gasteiger charge is -2.45. The van der Waals surface area contributed by atoms with E-state index >= 15 is 0 Å². The number of benzene rings is 1. The fourth-order valence-corrected chi connectivity index (χ4v) is 3.79. The first kappa shape index (κ1) is 15.0. The third kappa shape index (κ3) is 2.76. The Morgan fingerprint density at radius 3 is 2.33 bits per heavy atom. The van der Waals surface area contributed by atoms with Gasteiger partial charge >= 0.3 is 0 Å². The van der Waals surface area contributed by atoms with Crippen molar-refractivity contribution in [2.75, 3.05) is 20.2 Å². The SMILES string of the molecule is COC1CCN(C(=O)C2(c3ccc(Br)cc3)CCC2)CC1. The topological polar surface area (TPSA) is 29.5 Å². The highest BCUT2D eigenvalue weighted by Gasteiger charge is 2.47. The number of carbonyl (C=O) groups excluding carboxylic acids is 1. The molecule has 0 bridgehead atoms. The molecular weight excluding hydrogens is 330 g/mol. The summed E-state index contributed by atoms with van der Waals surface area (Å²) in [6.45, 7) is 1.66. The minimum absolute atomic E-state index is 0.263. The van der Waals surface area contributed by atoms with Crippen molar-refractivity contribution in [2.24, 2.45) is 0 Å². The summed E-state index contributed by atoms with van der Waals surface area (Å²) >= 11 is 3.47. The van der Waals surface area contributed by atoms with Crippen LogP contribution in [0.5, 0.6) is 0 Å². The highest BCUT2D eigenvalue weighted by atomic mass is 79.9. The Morgan fingerprint density at radius 2 is 1.86 bits per heavy atom. The molecule has 1 heterocycles. The van der Waals surface area contributed by atoms with Gasteiger partial charge in [-0.1, -0.05) is 34.5 Å². The summed E-state index contributed by atoms with van der Waals surface area (Å²) in [6.07, 6.45) is 5.35. The maximum Gasteiger partial charge on any atom is 0.233 e. The molecule has 3 nitrogen and oxygen atoms in total. The number of hydrogen-bond donors (Lipinski definition) is 0.